The second-order valence-electron chi connectivity index (χ2n) is 4.12. The van der Waals surface area contributed by atoms with E-state index in [0.717, 1.165) is 11.0 Å². The Bertz CT molecular complexity index is 655. The van der Waals surface area contributed by atoms with Crippen LogP contribution in [-0.2, 0) is 19.1 Å². The van der Waals surface area contributed by atoms with Crippen LogP contribution < -0.4 is 5.43 Å². The lowest BCUT2D eigenvalue weighted by molar-refractivity contribution is -0.140. The number of aromatic amines is 1. The number of rotatable bonds is 6. The van der Waals surface area contributed by atoms with Gasteiger partial charge in [0.25, 0.3) is 5.71 Å². The third-order valence-electron chi connectivity index (χ3n) is 2.60. The Hall–Kier alpha value is -2.90. The Morgan fingerprint density at radius 1 is 1.18 bits per heavy atom. The van der Waals surface area contributed by atoms with Gasteiger partial charge in [0, 0.05) is 0 Å². The van der Waals surface area contributed by atoms with E-state index in [4.69, 9.17) is 9.47 Å². The molecular formula is C14H16N4O4. The highest BCUT2D eigenvalue weighted by atomic mass is 16.6. The number of benzene rings is 1. The summed E-state index contributed by atoms with van der Waals surface area (Å²) >= 11 is 0. The number of hydrazone groups is 1. The maximum Gasteiger partial charge on any atom is 0.366 e. The predicted molar refractivity (Wildman–Crippen MR) is 80.4 cm³/mol. The molecule has 1 heterocycles. The summed E-state index contributed by atoms with van der Waals surface area (Å²) in [5.41, 5.74) is 3.59. The maximum atomic E-state index is 11.7. The summed E-state index contributed by atoms with van der Waals surface area (Å²) in [6.07, 6.45) is 0. The average molecular weight is 304 g/mol. The number of hydrogen-bond donors (Lipinski definition) is 2. The van der Waals surface area contributed by atoms with Gasteiger partial charge in [-0.15, -0.1) is 0 Å². The highest BCUT2D eigenvalue weighted by Gasteiger charge is 2.23. The first kappa shape index (κ1) is 15.5. The third kappa shape index (κ3) is 3.60. The molecule has 8 nitrogen and oxygen atoms in total. The lowest BCUT2D eigenvalue weighted by atomic mass is 10.3. The normalized spacial score (nSPS) is 10.1. The number of hydrogen-bond acceptors (Lipinski definition) is 7. The number of nitrogens with one attached hydrogen (secondary N) is 2. The molecule has 1 aromatic carbocycles. The molecule has 0 aliphatic rings. The topological polar surface area (TPSA) is 106 Å². The van der Waals surface area contributed by atoms with Gasteiger partial charge >= 0.3 is 11.9 Å². The summed E-state index contributed by atoms with van der Waals surface area (Å²) in [5.74, 6) is -1.42. The molecule has 0 aliphatic heterocycles. The molecular weight excluding hydrogens is 288 g/mol. The molecule has 0 fully saturated rings. The fourth-order valence-corrected chi connectivity index (χ4v) is 1.69. The zero-order valence-corrected chi connectivity index (χ0v) is 12.3. The number of imidazole rings is 1. The smallest absolute Gasteiger partial charge is 0.366 e. The van der Waals surface area contributed by atoms with Crippen molar-refractivity contribution in [3.05, 3.63) is 24.3 Å². The zero-order valence-electron chi connectivity index (χ0n) is 12.3. The molecule has 0 atom stereocenters. The highest BCUT2D eigenvalue weighted by Crippen LogP contribution is 2.13. The first-order chi connectivity index (χ1) is 10.7. The standard InChI is InChI=1S/C14H16N4O4/c1-3-21-12(19)11(13(20)22-4-2)17-18-14-15-9-7-5-6-8-10(9)16-14/h5-8H,3-4H2,1-2H3,(H2,15,16,18). The van der Waals surface area contributed by atoms with Crippen LogP contribution in [0.15, 0.2) is 29.4 Å². The van der Waals surface area contributed by atoms with Crippen LogP contribution in [0.3, 0.4) is 0 Å². The number of fused-ring (bicyclic) bond motifs is 1. The molecule has 0 bridgehead atoms. The molecule has 1 aromatic heterocycles. The minimum absolute atomic E-state index is 0.127. The van der Waals surface area contributed by atoms with Crippen LogP contribution in [0.4, 0.5) is 5.95 Å². The molecule has 0 unspecified atom stereocenters. The minimum atomic E-state index is -0.857. The van der Waals surface area contributed by atoms with E-state index < -0.39 is 17.7 Å². The summed E-state index contributed by atoms with van der Waals surface area (Å²) in [6, 6.07) is 7.36. The van der Waals surface area contributed by atoms with Crippen LogP contribution in [0.5, 0.6) is 0 Å². The number of H-pyrrole nitrogens is 1. The summed E-state index contributed by atoms with van der Waals surface area (Å²) in [6.45, 7) is 3.52. The summed E-state index contributed by atoms with van der Waals surface area (Å²) in [4.78, 5) is 30.6. The van der Waals surface area contributed by atoms with Crippen molar-refractivity contribution in [1.82, 2.24) is 9.97 Å². The van der Waals surface area contributed by atoms with Crippen molar-refractivity contribution in [2.24, 2.45) is 5.10 Å². The lowest BCUT2D eigenvalue weighted by Gasteiger charge is -2.05. The van der Waals surface area contributed by atoms with Crippen molar-refractivity contribution in [2.45, 2.75) is 13.8 Å². The van der Waals surface area contributed by atoms with Crippen molar-refractivity contribution < 1.29 is 19.1 Å². The van der Waals surface area contributed by atoms with E-state index in [-0.39, 0.29) is 13.2 Å². The van der Waals surface area contributed by atoms with Crippen molar-refractivity contribution in [1.29, 1.82) is 0 Å². The molecule has 0 radical (unpaired) electrons. The molecule has 22 heavy (non-hydrogen) atoms. The number of para-hydroxylation sites is 2. The van der Waals surface area contributed by atoms with E-state index >= 15 is 0 Å². The number of carbonyl (C=O) groups is 2. The second-order valence-corrected chi connectivity index (χ2v) is 4.12. The fraction of sp³-hybridized carbons (Fsp3) is 0.286. The lowest BCUT2D eigenvalue weighted by Crippen LogP contribution is -2.29. The monoisotopic (exact) mass is 304 g/mol. The molecule has 0 spiro atoms. The summed E-state index contributed by atoms with van der Waals surface area (Å²) in [5, 5.41) is 3.75. The van der Waals surface area contributed by atoms with Gasteiger partial charge in [-0.05, 0) is 26.0 Å². The SMILES string of the molecule is CCOC(=O)C(=NNc1nc2ccccc2[nH]1)C(=O)OCC. The van der Waals surface area contributed by atoms with Crippen LogP contribution >= 0.6 is 0 Å². The molecule has 8 heteroatoms. The fourth-order valence-electron chi connectivity index (χ4n) is 1.69. The van der Waals surface area contributed by atoms with Crippen LogP contribution in [0.2, 0.25) is 0 Å². The Labute approximate surface area is 126 Å². The van der Waals surface area contributed by atoms with E-state index in [1.807, 2.05) is 24.3 Å². The number of esters is 2. The number of aromatic nitrogens is 2. The van der Waals surface area contributed by atoms with Gasteiger partial charge in [0.1, 0.15) is 0 Å². The van der Waals surface area contributed by atoms with Gasteiger partial charge in [-0.2, -0.15) is 5.10 Å². The van der Waals surface area contributed by atoms with E-state index in [9.17, 15) is 9.59 Å². The predicted octanol–water partition coefficient (Wildman–Crippen LogP) is 1.46. The summed E-state index contributed by atoms with van der Waals surface area (Å²) in [7, 11) is 0. The maximum absolute atomic E-state index is 11.7. The average Bonchev–Trinajstić information content (AvgIpc) is 2.90. The van der Waals surface area contributed by atoms with Crippen molar-refractivity contribution in [2.75, 3.05) is 18.6 Å². The molecule has 2 rings (SSSR count). The Morgan fingerprint density at radius 3 is 2.41 bits per heavy atom. The van der Waals surface area contributed by atoms with Crippen molar-refractivity contribution in [3.8, 4) is 0 Å². The van der Waals surface area contributed by atoms with E-state index in [1.165, 1.54) is 0 Å². The van der Waals surface area contributed by atoms with Crippen molar-refractivity contribution >= 4 is 34.6 Å². The summed E-state index contributed by atoms with van der Waals surface area (Å²) < 4.78 is 9.56. The molecule has 0 saturated heterocycles. The second kappa shape index (κ2) is 7.21. The van der Waals surface area contributed by atoms with Gasteiger partial charge in [-0.25, -0.2) is 20.0 Å². The largest absolute Gasteiger partial charge is 0.461 e. The Kier molecular flexibility index (Phi) is 5.07. The zero-order chi connectivity index (χ0) is 15.9. The molecule has 0 aliphatic carbocycles. The molecule has 116 valence electrons. The third-order valence-corrected chi connectivity index (χ3v) is 2.60. The number of ether oxygens (including phenoxy) is 2. The number of carbonyl (C=O) groups excluding carboxylic acids is 2. The first-order valence-corrected chi connectivity index (χ1v) is 6.78. The van der Waals surface area contributed by atoms with Crippen LogP contribution in [0.1, 0.15) is 13.8 Å². The number of anilines is 1. The molecule has 2 aromatic rings. The van der Waals surface area contributed by atoms with Gasteiger partial charge in [-0.3, -0.25) is 0 Å². The van der Waals surface area contributed by atoms with Gasteiger partial charge in [0.2, 0.25) is 5.95 Å². The van der Waals surface area contributed by atoms with E-state index in [1.54, 1.807) is 13.8 Å². The van der Waals surface area contributed by atoms with E-state index in [2.05, 4.69) is 20.5 Å². The van der Waals surface area contributed by atoms with Crippen molar-refractivity contribution in [3.63, 3.8) is 0 Å². The van der Waals surface area contributed by atoms with Gasteiger partial charge < -0.3 is 14.5 Å². The Balaban J connectivity index is 2.20. The highest BCUT2D eigenvalue weighted by molar-refractivity contribution is 6.62. The quantitative estimate of drug-likeness (QED) is 0.362. The molecule has 0 amide bonds. The Morgan fingerprint density at radius 2 is 1.82 bits per heavy atom. The van der Waals surface area contributed by atoms with Crippen LogP contribution in [0.25, 0.3) is 11.0 Å². The van der Waals surface area contributed by atoms with Gasteiger partial charge in [-0.1, -0.05) is 12.1 Å². The first-order valence-electron chi connectivity index (χ1n) is 6.78. The van der Waals surface area contributed by atoms with E-state index in [0.29, 0.717) is 5.95 Å². The number of nitrogens with zero attached hydrogens (tertiary/aromatic N) is 2. The van der Waals surface area contributed by atoms with Gasteiger partial charge in [0.05, 0.1) is 24.2 Å². The van der Waals surface area contributed by atoms with Gasteiger partial charge in [0.15, 0.2) is 0 Å². The van der Waals surface area contributed by atoms with Crippen LogP contribution in [-0.4, -0.2) is 40.8 Å². The van der Waals surface area contributed by atoms with Crippen LogP contribution in [0, 0.1) is 0 Å². The molecule has 2 N–H and O–H groups in total. The molecule has 0 saturated carbocycles. The minimum Gasteiger partial charge on any atom is -0.461 e.